The summed E-state index contributed by atoms with van der Waals surface area (Å²) >= 11 is 4.55. The highest BCUT2D eigenvalue weighted by atomic mass is 79.9. The van der Waals surface area contributed by atoms with Crippen LogP contribution >= 0.6 is 27.3 Å². The van der Waals surface area contributed by atoms with Crippen LogP contribution in [0.1, 0.15) is 28.9 Å². The first-order chi connectivity index (χ1) is 6.99. The van der Waals surface area contributed by atoms with Crippen LogP contribution in [0.5, 0.6) is 0 Å². The highest BCUT2D eigenvalue weighted by Gasteiger charge is 2.43. The minimum atomic E-state index is -2.65. The molecule has 0 aliphatic heterocycles. The van der Waals surface area contributed by atoms with Crippen molar-refractivity contribution in [3.05, 3.63) is 20.8 Å². The summed E-state index contributed by atoms with van der Waals surface area (Å²) in [5, 5.41) is 1.78. The second kappa shape index (κ2) is 3.94. The van der Waals surface area contributed by atoms with Crippen LogP contribution in [-0.2, 0) is 0 Å². The van der Waals surface area contributed by atoms with Crippen LogP contribution in [0, 0.1) is 5.92 Å². The Labute approximate surface area is 98.6 Å². The zero-order chi connectivity index (χ0) is 11.1. The standard InChI is InChI=1S/C10H9BrF2OS/c11-7-2-4-15-9(7)8(14)6-1-3-10(12,13)5-6/h2,4,6H,1,3,5H2. The molecule has 82 valence electrons. The minimum Gasteiger partial charge on any atom is -0.293 e. The van der Waals surface area contributed by atoms with Crippen LogP contribution in [0.3, 0.4) is 0 Å². The zero-order valence-electron chi connectivity index (χ0n) is 7.80. The predicted molar refractivity (Wildman–Crippen MR) is 58.6 cm³/mol. The molecule has 2 rings (SSSR count). The summed E-state index contributed by atoms with van der Waals surface area (Å²) in [7, 11) is 0. The number of carbonyl (C=O) groups is 1. The Hall–Kier alpha value is -0.290. The molecular weight excluding hydrogens is 286 g/mol. The largest absolute Gasteiger partial charge is 0.293 e. The summed E-state index contributed by atoms with van der Waals surface area (Å²) in [5.41, 5.74) is 0. The van der Waals surface area contributed by atoms with E-state index in [2.05, 4.69) is 15.9 Å². The van der Waals surface area contributed by atoms with Gasteiger partial charge in [0.15, 0.2) is 5.78 Å². The summed E-state index contributed by atoms with van der Waals surface area (Å²) < 4.78 is 26.6. The molecule has 1 atom stereocenters. The van der Waals surface area contributed by atoms with Crippen LogP contribution < -0.4 is 0 Å². The van der Waals surface area contributed by atoms with Gasteiger partial charge in [0, 0.05) is 23.2 Å². The van der Waals surface area contributed by atoms with Gasteiger partial charge in [-0.1, -0.05) is 0 Å². The van der Waals surface area contributed by atoms with Gasteiger partial charge < -0.3 is 0 Å². The number of halogens is 3. The van der Waals surface area contributed by atoms with Crippen molar-refractivity contribution in [1.82, 2.24) is 0 Å². The summed E-state index contributed by atoms with van der Waals surface area (Å²) in [6.45, 7) is 0. The molecule has 1 saturated carbocycles. The number of carbonyl (C=O) groups excluding carboxylic acids is 1. The molecule has 1 heterocycles. The van der Waals surface area contributed by atoms with E-state index in [4.69, 9.17) is 0 Å². The van der Waals surface area contributed by atoms with Crippen molar-refractivity contribution in [3.8, 4) is 0 Å². The molecule has 1 aliphatic rings. The molecule has 5 heteroatoms. The van der Waals surface area contributed by atoms with Gasteiger partial charge in [0.1, 0.15) is 0 Å². The van der Waals surface area contributed by atoms with Gasteiger partial charge in [-0.05, 0) is 33.8 Å². The molecule has 1 aliphatic carbocycles. The first kappa shape index (κ1) is 11.2. The SMILES string of the molecule is O=C(c1sccc1Br)C1CCC(F)(F)C1. The van der Waals surface area contributed by atoms with Crippen molar-refractivity contribution in [2.45, 2.75) is 25.2 Å². The zero-order valence-corrected chi connectivity index (χ0v) is 10.2. The van der Waals surface area contributed by atoms with E-state index in [0.29, 0.717) is 15.8 Å². The normalized spacial score (nSPS) is 24.3. The molecule has 0 saturated heterocycles. The fourth-order valence-electron chi connectivity index (χ4n) is 1.83. The van der Waals surface area contributed by atoms with Crippen molar-refractivity contribution < 1.29 is 13.6 Å². The number of rotatable bonds is 2. The number of alkyl halides is 2. The van der Waals surface area contributed by atoms with Crippen LogP contribution in [0.25, 0.3) is 0 Å². The van der Waals surface area contributed by atoms with E-state index >= 15 is 0 Å². The maximum atomic E-state index is 12.9. The molecule has 15 heavy (non-hydrogen) atoms. The van der Waals surface area contributed by atoms with Gasteiger partial charge in [0.25, 0.3) is 0 Å². The fourth-order valence-corrected chi connectivity index (χ4v) is 3.42. The van der Waals surface area contributed by atoms with Crippen LogP contribution in [0.4, 0.5) is 8.78 Å². The molecule has 0 radical (unpaired) electrons. The van der Waals surface area contributed by atoms with Gasteiger partial charge in [-0.2, -0.15) is 0 Å². The third kappa shape index (κ3) is 2.28. The third-order valence-corrected chi connectivity index (χ3v) is 4.47. The molecule has 0 N–H and O–H groups in total. The molecule has 0 spiro atoms. The molecule has 1 aromatic rings. The van der Waals surface area contributed by atoms with Crippen molar-refractivity contribution >= 4 is 33.0 Å². The van der Waals surface area contributed by atoms with E-state index in [9.17, 15) is 13.6 Å². The Morgan fingerprint density at radius 1 is 1.60 bits per heavy atom. The Balaban J connectivity index is 2.14. The summed E-state index contributed by atoms with van der Waals surface area (Å²) in [5.74, 6) is -3.30. The van der Waals surface area contributed by atoms with E-state index in [1.54, 1.807) is 11.4 Å². The number of hydrogen-bond donors (Lipinski definition) is 0. The average molecular weight is 295 g/mol. The van der Waals surface area contributed by atoms with E-state index in [1.807, 2.05) is 0 Å². The number of hydrogen-bond acceptors (Lipinski definition) is 2. The van der Waals surface area contributed by atoms with Gasteiger partial charge in [0.05, 0.1) is 4.88 Å². The lowest BCUT2D eigenvalue weighted by Gasteiger charge is -2.08. The van der Waals surface area contributed by atoms with E-state index in [-0.39, 0.29) is 18.6 Å². The lowest BCUT2D eigenvalue weighted by Crippen LogP contribution is -2.15. The molecule has 1 aromatic heterocycles. The molecule has 0 aromatic carbocycles. The summed E-state index contributed by atoms with van der Waals surface area (Å²) in [6.07, 6.45) is -0.154. The van der Waals surface area contributed by atoms with E-state index < -0.39 is 11.8 Å². The first-order valence-corrected chi connectivity index (χ1v) is 6.32. The summed E-state index contributed by atoms with van der Waals surface area (Å²) in [4.78, 5) is 12.4. The predicted octanol–water partition coefficient (Wildman–Crippen LogP) is 4.13. The smallest absolute Gasteiger partial charge is 0.248 e. The second-order valence-corrected chi connectivity index (χ2v) is 5.53. The Morgan fingerprint density at radius 2 is 2.33 bits per heavy atom. The van der Waals surface area contributed by atoms with Gasteiger partial charge in [-0.3, -0.25) is 4.79 Å². The lowest BCUT2D eigenvalue weighted by molar-refractivity contribution is 0.00532. The third-order valence-electron chi connectivity index (χ3n) is 2.62. The van der Waals surface area contributed by atoms with Crippen LogP contribution in [0.15, 0.2) is 15.9 Å². The molecule has 1 nitrogen and oxygen atoms in total. The molecule has 1 unspecified atom stereocenters. The topological polar surface area (TPSA) is 17.1 Å². The minimum absolute atomic E-state index is 0.144. The highest BCUT2D eigenvalue weighted by Crippen LogP contribution is 2.41. The van der Waals surface area contributed by atoms with Crippen molar-refractivity contribution in [2.75, 3.05) is 0 Å². The highest BCUT2D eigenvalue weighted by molar-refractivity contribution is 9.10. The van der Waals surface area contributed by atoms with Crippen molar-refractivity contribution in [3.63, 3.8) is 0 Å². The van der Waals surface area contributed by atoms with Gasteiger partial charge >= 0.3 is 0 Å². The number of ketones is 1. The van der Waals surface area contributed by atoms with Crippen LogP contribution in [-0.4, -0.2) is 11.7 Å². The fraction of sp³-hybridized carbons (Fsp3) is 0.500. The lowest BCUT2D eigenvalue weighted by atomic mass is 10.0. The Morgan fingerprint density at radius 3 is 2.80 bits per heavy atom. The van der Waals surface area contributed by atoms with Crippen LogP contribution in [0.2, 0.25) is 0 Å². The molecule has 1 fully saturated rings. The average Bonchev–Trinajstić information content (AvgIpc) is 2.71. The monoisotopic (exact) mass is 294 g/mol. The van der Waals surface area contributed by atoms with Gasteiger partial charge in [0.2, 0.25) is 5.92 Å². The Kier molecular flexibility index (Phi) is 2.94. The quantitative estimate of drug-likeness (QED) is 0.750. The van der Waals surface area contributed by atoms with Gasteiger partial charge in [-0.25, -0.2) is 8.78 Å². The Bertz CT molecular complexity index is 389. The van der Waals surface area contributed by atoms with Crippen molar-refractivity contribution in [2.24, 2.45) is 5.92 Å². The summed E-state index contributed by atoms with van der Waals surface area (Å²) in [6, 6.07) is 1.77. The number of Topliss-reactive ketones (excluding diaryl/α,β-unsaturated/α-hetero) is 1. The molecule has 0 bridgehead atoms. The molecule has 0 amide bonds. The van der Waals surface area contributed by atoms with Crippen molar-refractivity contribution in [1.29, 1.82) is 0 Å². The molecular formula is C10H9BrF2OS. The first-order valence-electron chi connectivity index (χ1n) is 4.65. The maximum Gasteiger partial charge on any atom is 0.248 e. The van der Waals surface area contributed by atoms with E-state index in [1.165, 1.54) is 11.3 Å². The second-order valence-electron chi connectivity index (χ2n) is 3.76. The van der Waals surface area contributed by atoms with E-state index in [0.717, 1.165) is 0 Å². The maximum absolute atomic E-state index is 12.9. The number of thiophene rings is 1. The van der Waals surface area contributed by atoms with Gasteiger partial charge in [-0.15, -0.1) is 11.3 Å².